The van der Waals surface area contributed by atoms with E-state index in [1.807, 2.05) is 74.9 Å². The number of aryl methyl sites for hydroxylation is 2. The summed E-state index contributed by atoms with van der Waals surface area (Å²) in [4.78, 5) is 19.0. The van der Waals surface area contributed by atoms with Crippen LogP contribution in [0.1, 0.15) is 16.7 Å². The molecule has 0 radical (unpaired) electrons. The topological polar surface area (TPSA) is 58.7 Å². The highest BCUT2D eigenvalue weighted by atomic mass is 32.2. The molecule has 0 N–H and O–H groups in total. The summed E-state index contributed by atoms with van der Waals surface area (Å²) in [5.74, 6) is 0.544. The standard InChI is InChI=1S/C21H19N3OS2/c1-13-5-10-18(14(2)11-13)24-19(15-6-8-16(26-3)9-7-15)23-20(27-4)17(12-22)21(24)25/h5-11H,1-4H3. The van der Waals surface area contributed by atoms with Crippen molar-refractivity contribution in [3.05, 3.63) is 69.5 Å². The van der Waals surface area contributed by atoms with Gasteiger partial charge in [-0.25, -0.2) is 4.98 Å². The van der Waals surface area contributed by atoms with Gasteiger partial charge < -0.3 is 0 Å². The van der Waals surface area contributed by atoms with Gasteiger partial charge in [0.25, 0.3) is 5.56 Å². The van der Waals surface area contributed by atoms with Crippen molar-refractivity contribution in [2.75, 3.05) is 12.5 Å². The van der Waals surface area contributed by atoms with Crippen molar-refractivity contribution < 1.29 is 0 Å². The molecule has 3 aromatic rings. The number of hydrogen-bond donors (Lipinski definition) is 0. The summed E-state index contributed by atoms with van der Waals surface area (Å²) in [5.41, 5.74) is 3.39. The number of nitrogens with zero attached hydrogens (tertiary/aromatic N) is 3. The van der Waals surface area contributed by atoms with Crippen LogP contribution in [-0.2, 0) is 0 Å². The number of thioether (sulfide) groups is 2. The first kappa shape index (κ1) is 19.3. The second kappa shape index (κ2) is 8.03. The summed E-state index contributed by atoms with van der Waals surface area (Å²) >= 11 is 2.97. The van der Waals surface area contributed by atoms with E-state index in [4.69, 9.17) is 0 Å². The first-order valence-electron chi connectivity index (χ1n) is 8.33. The quantitative estimate of drug-likeness (QED) is 0.469. The van der Waals surface area contributed by atoms with E-state index in [2.05, 4.69) is 4.98 Å². The van der Waals surface area contributed by atoms with E-state index in [1.165, 1.54) is 11.8 Å². The molecule has 0 atom stereocenters. The summed E-state index contributed by atoms with van der Waals surface area (Å²) in [6.07, 6.45) is 3.84. The van der Waals surface area contributed by atoms with Gasteiger partial charge in [0.15, 0.2) is 0 Å². The van der Waals surface area contributed by atoms with Gasteiger partial charge in [-0.3, -0.25) is 9.36 Å². The molecule has 0 bridgehead atoms. The van der Waals surface area contributed by atoms with Gasteiger partial charge in [0.1, 0.15) is 22.5 Å². The van der Waals surface area contributed by atoms with Gasteiger partial charge in [-0.1, -0.05) is 29.8 Å². The Labute approximate surface area is 167 Å². The number of benzene rings is 2. The zero-order valence-electron chi connectivity index (χ0n) is 15.6. The molecule has 0 fully saturated rings. The molecule has 0 aliphatic heterocycles. The maximum Gasteiger partial charge on any atom is 0.277 e. The molecule has 4 nitrogen and oxygen atoms in total. The molecule has 2 aromatic carbocycles. The van der Waals surface area contributed by atoms with E-state index in [-0.39, 0.29) is 11.1 Å². The van der Waals surface area contributed by atoms with Crippen LogP contribution in [0.2, 0.25) is 0 Å². The van der Waals surface area contributed by atoms with E-state index in [1.54, 1.807) is 16.3 Å². The zero-order chi connectivity index (χ0) is 19.6. The van der Waals surface area contributed by atoms with Gasteiger partial charge in [0, 0.05) is 10.5 Å². The largest absolute Gasteiger partial charge is 0.277 e. The van der Waals surface area contributed by atoms with E-state index >= 15 is 0 Å². The van der Waals surface area contributed by atoms with Crippen LogP contribution in [0.3, 0.4) is 0 Å². The first-order chi connectivity index (χ1) is 13.0. The summed E-state index contributed by atoms with van der Waals surface area (Å²) in [5, 5.41) is 9.98. The highest BCUT2D eigenvalue weighted by Gasteiger charge is 2.19. The fourth-order valence-electron chi connectivity index (χ4n) is 2.96. The van der Waals surface area contributed by atoms with Crippen molar-refractivity contribution in [1.82, 2.24) is 9.55 Å². The number of nitriles is 1. The maximum absolute atomic E-state index is 13.2. The van der Waals surface area contributed by atoms with Crippen LogP contribution in [0.4, 0.5) is 0 Å². The van der Waals surface area contributed by atoms with E-state index in [0.717, 1.165) is 27.3 Å². The normalized spacial score (nSPS) is 10.6. The molecule has 1 heterocycles. The fraction of sp³-hybridized carbons (Fsp3) is 0.190. The third-order valence-corrected chi connectivity index (χ3v) is 5.72. The van der Waals surface area contributed by atoms with Crippen molar-refractivity contribution in [2.45, 2.75) is 23.8 Å². The van der Waals surface area contributed by atoms with Crippen molar-refractivity contribution in [3.63, 3.8) is 0 Å². The third kappa shape index (κ3) is 3.66. The van der Waals surface area contributed by atoms with Crippen LogP contribution in [-0.4, -0.2) is 22.1 Å². The molecule has 0 saturated heterocycles. The van der Waals surface area contributed by atoms with Crippen molar-refractivity contribution in [3.8, 4) is 23.1 Å². The Kier molecular flexibility index (Phi) is 5.73. The molecule has 0 saturated carbocycles. The van der Waals surface area contributed by atoms with Crippen LogP contribution < -0.4 is 5.56 Å². The minimum absolute atomic E-state index is 0.0759. The van der Waals surface area contributed by atoms with Crippen molar-refractivity contribution in [2.24, 2.45) is 0 Å². The highest BCUT2D eigenvalue weighted by molar-refractivity contribution is 7.98. The Morgan fingerprint density at radius 3 is 2.30 bits per heavy atom. The Balaban J connectivity index is 2.38. The molecule has 6 heteroatoms. The molecule has 1 aromatic heterocycles. The van der Waals surface area contributed by atoms with Crippen LogP contribution in [0.15, 0.2) is 57.2 Å². The summed E-state index contributed by atoms with van der Waals surface area (Å²) in [6.45, 7) is 3.97. The number of hydrogen-bond acceptors (Lipinski definition) is 5. The second-order valence-electron chi connectivity index (χ2n) is 6.09. The molecule has 136 valence electrons. The van der Waals surface area contributed by atoms with Gasteiger partial charge >= 0.3 is 0 Å². The third-order valence-electron chi connectivity index (χ3n) is 4.30. The Hall–Kier alpha value is -2.49. The molecule has 0 spiro atoms. The summed E-state index contributed by atoms with van der Waals surface area (Å²) in [7, 11) is 0. The number of aromatic nitrogens is 2. The van der Waals surface area contributed by atoms with Crippen LogP contribution >= 0.6 is 23.5 Å². The average molecular weight is 394 g/mol. The predicted molar refractivity (Wildman–Crippen MR) is 113 cm³/mol. The van der Waals surface area contributed by atoms with E-state index in [0.29, 0.717) is 10.9 Å². The molecule has 0 aliphatic rings. The van der Waals surface area contributed by atoms with Crippen molar-refractivity contribution >= 4 is 23.5 Å². The smallest absolute Gasteiger partial charge is 0.267 e. The van der Waals surface area contributed by atoms with Gasteiger partial charge in [-0.2, -0.15) is 5.26 Å². The minimum Gasteiger partial charge on any atom is -0.267 e. The Morgan fingerprint density at radius 2 is 1.74 bits per heavy atom. The van der Waals surface area contributed by atoms with Gasteiger partial charge in [-0.15, -0.1) is 23.5 Å². The first-order valence-corrected chi connectivity index (χ1v) is 10.8. The summed E-state index contributed by atoms with van der Waals surface area (Å²) in [6, 6.07) is 15.9. The van der Waals surface area contributed by atoms with Crippen LogP contribution in [0, 0.1) is 25.2 Å². The van der Waals surface area contributed by atoms with Crippen LogP contribution in [0.25, 0.3) is 17.1 Å². The summed E-state index contributed by atoms with van der Waals surface area (Å²) < 4.78 is 1.56. The monoisotopic (exact) mass is 393 g/mol. The molecular formula is C21H19N3OS2. The fourth-order valence-corrected chi connectivity index (χ4v) is 3.88. The molecule has 27 heavy (non-hydrogen) atoms. The average Bonchev–Trinajstić information content (AvgIpc) is 2.68. The molecule has 0 unspecified atom stereocenters. The predicted octanol–water partition coefficient (Wildman–Crippen LogP) is 4.83. The lowest BCUT2D eigenvalue weighted by Gasteiger charge is -2.17. The zero-order valence-corrected chi connectivity index (χ0v) is 17.2. The van der Waals surface area contributed by atoms with E-state index < -0.39 is 0 Å². The van der Waals surface area contributed by atoms with E-state index in [9.17, 15) is 10.1 Å². The van der Waals surface area contributed by atoms with Crippen LogP contribution in [0.5, 0.6) is 0 Å². The molecular weight excluding hydrogens is 374 g/mol. The van der Waals surface area contributed by atoms with Crippen molar-refractivity contribution in [1.29, 1.82) is 5.26 Å². The Bertz CT molecular complexity index is 1100. The highest BCUT2D eigenvalue weighted by Crippen LogP contribution is 2.27. The molecule has 0 amide bonds. The van der Waals surface area contributed by atoms with Gasteiger partial charge in [-0.05, 0) is 50.1 Å². The Morgan fingerprint density at radius 1 is 1.04 bits per heavy atom. The lowest BCUT2D eigenvalue weighted by atomic mass is 10.1. The lowest BCUT2D eigenvalue weighted by molar-refractivity contribution is 0.886. The minimum atomic E-state index is -0.340. The van der Waals surface area contributed by atoms with Gasteiger partial charge in [0.05, 0.1) is 5.69 Å². The number of rotatable bonds is 4. The maximum atomic E-state index is 13.2. The molecule has 0 aliphatic carbocycles. The second-order valence-corrected chi connectivity index (χ2v) is 7.77. The lowest BCUT2D eigenvalue weighted by Crippen LogP contribution is -2.26. The molecule has 3 rings (SSSR count). The SMILES string of the molecule is CSc1ccc(-c2nc(SC)c(C#N)c(=O)n2-c2ccc(C)cc2C)cc1. The van der Waals surface area contributed by atoms with Gasteiger partial charge in [0.2, 0.25) is 0 Å².